The minimum Gasteiger partial charge on any atom is -0.315 e. The van der Waals surface area contributed by atoms with Crippen molar-refractivity contribution in [3.05, 3.63) is 0 Å². The first-order valence-electron chi connectivity index (χ1n) is 5.25. The van der Waals surface area contributed by atoms with Gasteiger partial charge in [0, 0.05) is 12.6 Å². The largest absolute Gasteiger partial charge is 0.315 e. The zero-order valence-corrected chi connectivity index (χ0v) is 9.70. The van der Waals surface area contributed by atoms with E-state index in [1.54, 1.807) is 0 Å². The molecule has 1 heterocycles. The Labute approximate surface area is 88.5 Å². The Balaban J connectivity index is 0.00000144. The quantitative estimate of drug-likeness (QED) is 0.756. The fourth-order valence-electron chi connectivity index (χ4n) is 1.80. The Morgan fingerprint density at radius 3 is 2.77 bits per heavy atom. The lowest BCUT2D eigenvalue weighted by molar-refractivity contribution is 0.201. The van der Waals surface area contributed by atoms with Gasteiger partial charge in [-0.25, -0.2) is 0 Å². The van der Waals surface area contributed by atoms with Gasteiger partial charge in [0.2, 0.25) is 0 Å². The second kappa shape index (κ2) is 7.60. The third-order valence-corrected chi connectivity index (χ3v) is 2.76. The van der Waals surface area contributed by atoms with Crippen molar-refractivity contribution >= 4 is 12.4 Å². The zero-order chi connectivity index (χ0) is 8.81. The van der Waals surface area contributed by atoms with E-state index in [2.05, 4.69) is 24.2 Å². The summed E-state index contributed by atoms with van der Waals surface area (Å²) >= 11 is 0. The number of nitrogens with one attached hydrogen (secondary N) is 1. The van der Waals surface area contributed by atoms with Crippen LogP contribution in [-0.2, 0) is 0 Å². The Bertz CT molecular complexity index is 113. The van der Waals surface area contributed by atoms with E-state index in [4.69, 9.17) is 0 Å². The summed E-state index contributed by atoms with van der Waals surface area (Å²) in [5, 5.41) is 3.45. The highest BCUT2D eigenvalue weighted by atomic mass is 35.5. The van der Waals surface area contributed by atoms with Crippen molar-refractivity contribution in [2.75, 3.05) is 26.7 Å². The molecule has 0 aromatic rings. The standard InChI is InChI=1S/C10H22N2.ClH/c1-3-4-8-12(2)10-6-5-7-11-9-10;/h10-11H,3-9H2,1-2H3;1H. The summed E-state index contributed by atoms with van der Waals surface area (Å²) in [5.74, 6) is 0. The molecule has 80 valence electrons. The summed E-state index contributed by atoms with van der Waals surface area (Å²) in [7, 11) is 2.26. The van der Waals surface area contributed by atoms with Gasteiger partial charge in [-0.1, -0.05) is 13.3 Å². The molecular formula is C10H23ClN2. The fourth-order valence-corrected chi connectivity index (χ4v) is 1.80. The number of halogens is 1. The SMILES string of the molecule is CCCCN(C)C1CCCNC1.Cl. The second-order valence-electron chi connectivity index (χ2n) is 3.83. The number of rotatable bonds is 4. The molecule has 0 aromatic carbocycles. The number of likely N-dealkylation sites (N-methyl/N-ethyl adjacent to an activating group) is 1. The van der Waals surface area contributed by atoms with Crippen LogP contribution < -0.4 is 5.32 Å². The van der Waals surface area contributed by atoms with Crippen LogP contribution in [0.4, 0.5) is 0 Å². The van der Waals surface area contributed by atoms with Gasteiger partial charge >= 0.3 is 0 Å². The van der Waals surface area contributed by atoms with Crippen molar-refractivity contribution in [3.63, 3.8) is 0 Å². The van der Waals surface area contributed by atoms with Gasteiger partial charge in [0.05, 0.1) is 0 Å². The minimum atomic E-state index is 0. The van der Waals surface area contributed by atoms with Crippen molar-refractivity contribution in [3.8, 4) is 0 Å². The van der Waals surface area contributed by atoms with Crippen LogP contribution in [0.3, 0.4) is 0 Å². The van der Waals surface area contributed by atoms with Gasteiger partial charge in [-0.3, -0.25) is 0 Å². The van der Waals surface area contributed by atoms with E-state index in [-0.39, 0.29) is 12.4 Å². The van der Waals surface area contributed by atoms with Crippen LogP contribution in [0, 0.1) is 0 Å². The molecule has 1 rings (SSSR count). The van der Waals surface area contributed by atoms with Crippen LogP contribution in [0.15, 0.2) is 0 Å². The molecule has 3 heteroatoms. The molecule has 1 aliphatic rings. The molecule has 0 aliphatic carbocycles. The first-order chi connectivity index (χ1) is 5.84. The number of hydrogen-bond donors (Lipinski definition) is 1. The Hall–Kier alpha value is 0.210. The Morgan fingerprint density at radius 2 is 2.23 bits per heavy atom. The van der Waals surface area contributed by atoms with Crippen LogP contribution in [-0.4, -0.2) is 37.6 Å². The van der Waals surface area contributed by atoms with E-state index in [1.807, 2.05) is 0 Å². The summed E-state index contributed by atoms with van der Waals surface area (Å²) in [6, 6.07) is 0.797. The number of piperidine rings is 1. The molecule has 0 spiro atoms. The first kappa shape index (κ1) is 13.2. The molecule has 1 saturated heterocycles. The van der Waals surface area contributed by atoms with Crippen molar-refractivity contribution in [1.29, 1.82) is 0 Å². The minimum absolute atomic E-state index is 0. The van der Waals surface area contributed by atoms with Gasteiger partial charge in [-0.05, 0) is 39.4 Å². The monoisotopic (exact) mass is 206 g/mol. The van der Waals surface area contributed by atoms with Gasteiger partial charge in [0.1, 0.15) is 0 Å². The van der Waals surface area contributed by atoms with E-state index >= 15 is 0 Å². The van der Waals surface area contributed by atoms with E-state index in [0.29, 0.717) is 0 Å². The maximum absolute atomic E-state index is 3.45. The van der Waals surface area contributed by atoms with Gasteiger partial charge in [0.15, 0.2) is 0 Å². The highest BCUT2D eigenvalue weighted by Crippen LogP contribution is 2.08. The molecule has 1 fully saturated rings. The molecule has 0 radical (unpaired) electrons. The maximum Gasteiger partial charge on any atom is 0.0218 e. The normalized spacial score (nSPS) is 22.8. The van der Waals surface area contributed by atoms with Gasteiger partial charge in [-0.2, -0.15) is 0 Å². The maximum atomic E-state index is 3.45. The smallest absolute Gasteiger partial charge is 0.0218 e. The molecule has 13 heavy (non-hydrogen) atoms. The summed E-state index contributed by atoms with van der Waals surface area (Å²) in [5.41, 5.74) is 0. The summed E-state index contributed by atoms with van der Waals surface area (Å²) < 4.78 is 0. The average Bonchev–Trinajstić information content (AvgIpc) is 2.15. The number of unbranched alkanes of at least 4 members (excludes halogenated alkanes) is 1. The van der Waals surface area contributed by atoms with Crippen LogP contribution in [0.1, 0.15) is 32.6 Å². The Kier molecular flexibility index (Phi) is 7.72. The predicted octanol–water partition coefficient (Wildman–Crippen LogP) is 1.89. The third-order valence-electron chi connectivity index (χ3n) is 2.76. The van der Waals surface area contributed by atoms with Crippen molar-refractivity contribution < 1.29 is 0 Å². The lowest BCUT2D eigenvalue weighted by Crippen LogP contribution is -2.44. The summed E-state index contributed by atoms with van der Waals surface area (Å²) in [6.45, 7) is 5.94. The third kappa shape index (κ3) is 4.84. The average molecular weight is 207 g/mol. The lowest BCUT2D eigenvalue weighted by atomic mass is 10.1. The van der Waals surface area contributed by atoms with Crippen LogP contribution in [0.25, 0.3) is 0 Å². The van der Waals surface area contributed by atoms with Gasteiger partial charge in [0.25, 0.3) is 0 Å². The van der Waals surface area contributed by atoms with Crippen molar-refractivity contribution in [2.24, 2.45) is 0 Å². The summed E-state index contributed by atoms with van der Waals surface area (Å²) in [4.78, 5) is 2.51. The van der Waals surface area contributed by atoms with Gasteiger partial charge < -0.3 is 10.2 Å². The highest BCUT2D eigenvalue weighted by molar-refractivity contribution is 5.85. The molecule has 1 atom stereocenters. The first-order valence-corrected chi connectivity index (χ1v) is 5.25. The molecule has 2 nitrogen and oxygen atoms in total. The number of nitrogens with zero attached hydrogens (tertiary/aromatic N) is 1. The topological polar surface area (TPSA) is 15.3 Å². The molecule has 0 saturated carbocycles. The van der Waals surface area contributed by atoms with Crippen molar-refractivity contribution in [2.45, 2.75) is 38.6 Å². The molecule has 1 aliphatic heterocycles. The van der Waals surface area contributed by atoms with Crippen LogP contribution >= 0.6 is 12.4 Å². The van der Waals surface area contributed by atoms with E-state index in [0.717, 1.165) is 6.04 Å². The van der Waals surface area contributed by atoms with E-state index < -0.39 is 0 Å². The van der Waals surface area contributed by atoms with E-state index in [9.17, 15) is 0 Å². The van der Waals surface area contributed by atoms with E-state index in [1.165, 1.54) is 45.3 Å². The van der Waals surface area contributed by atoms with Gasteiger partial charge in [-0.15, -0.1) is 12.4 Å². The lowest BCUT2D eigenvalue weighted by Gasteiger charge is -2.31. The fraction of sp³-hybridized carbons (Fsp3) is 1.00. The molecule has 1 N–H and O–H groups in total. The van der Waals surface area contributed by atoms with Crippen LogP contribution in [0.5, 0.6) is 0 Å². The van der Waals surface area contributed by atoms with Crippen molar-refractivity contribution in [1.82, 2.24) is 10.2 Å². The number of hydrogen-bond acceptors (Lipinski definition) is 2. The molecule has 0 bridgehead atoms. The molecular weight excluding hydrogens is 184 g/mol. The second-order valence-corrected chi connectivity index (χ2v) is 3.83. The zero-order valence-electron chi connectivity index (χ0n) is 8.88. The van der Waals surface area contributed by atoms with Crippen LogP contribution in [0.2, 0.25) is 0 Å². The molecule has 1 unspecified atom stereocenters. The molecule has 0 amide bonds. The molecule has 0 aromatic heterocycles. The Morgan fingerprint density at radius 1 is 1.46 bits per heavy atom. The highest BCUT2D eigenvalue weighted by Gasteiger charge is 2.16. The predicted molar refractivity (Wildman–Crippen MR) is 60.7 cm³/mol. The summed E-state index contributed by atoms with van der Waals surface area (Å²) in [6.07, 6.45) is 5.38.